The first kappa shape index (κ1) is 11.0. The van der Waals surface area contributed by atoms with Crippen LogP contribution in [0.1, 0.15) is 0 Å². The smallest absolute Gasteiger partial charge is 0.127 e. The molecule has 18 heavy (non-hydrogen) atoms. The topological polar surface area (TPSA) is 51.8 Å². The van der Waals surface area contributed by atoms with Gasteiger partial charge in [0.15, 0.2) is 0 Å². The van der Waals surface area contributed by atoms with Crippen LogP contribution in [0.4, 0.5) is 5.82 Å². The van der Waals surface area contributed by atoms with Crippen molar-refractivity contribution in [1.82, 2.24) is 9.97 Å². The largest absolute Gasteiger partial charge is 0.384 e. The van der Waals surface area contributed by atoms with E-state index in [9.17, 15) is 0 Å². The molecule has 4 heteroatoms. The summed E-state index contributed by atoms with van der Waals surface area (Å²) in [5.41, 5.74) is 7.50. The number of fused-ring (bicyclic) bond motifs is 1. The highest BCUT2D eigenvalue weighted by Gasteiger charge is 2.07. The second kappa shape index (κ2) is 4.27. The molecule has 0 fully saturated rings. The van der Waals surface area contributed by atoms with Crippen molar-refractivity contribution >= 4 is 28.2 Å². The molecule has 0 bridgehead atoms. The number of halogens is 1. The van der Waals surface area contributed by atoms with Gasteiger partial charge in [0, 0.05) is 22.0 Å². The third kappa shape index (κ3) is 1.79. The molecule has 3 aromatic rings. The molecule has 88 valence electrons. The van der Waals surface area contributed by atoms with E-state index in [1.54, 1.807) is 6.07 Å². The number of hydrogen-bond acceptors (Lipinski definition) is 3. The lowest BCUT2D eigenvalue weighted by atomic mass is 10.0. The number of nitrogens with two attached hydrogens (primary N) is 1. The normalized spacial score (nSPS) is 10.7. The van der Waals surface area contributed by atoms with Crippen molar-refractivity contribution in [2.24, 2.45) is 0 Å². The molecule has 2 N–H and O–H groups in total. The predicted octanol–water partition coefficient (Wildman–Crippen LogP) is 3.53. The zero-order valence-corrected chi connectivity index (χ0v) is 10.2. The summed E-state index contributed by atoms with van der Waals surface area (Å²) < 4.78 is 0. The minimum absolute atomic E-state index is 0.457. The van der Waals surface area contributed by atoms with E-state index < -0.39 is 0 Å². The average Bonchev–Trinajstić information content (AvgIpc) is 2.39. The molecule has 0 amide bonds. The van der Waals surface area contributed by atoms with Gasteiger partial charge in [-0.25, -0.2) is 9.97 Å². The highest BCUT2D eigenvalue weighted by molar-refractivity contribution is 6.36. The van der Waals surface area contributed by atoms with Crippen LogP contribution in [-0.2, 0) is 0 Å². The molecule has 2 aromatic carbocycles. The van der Waals surface area contributed by atoms with Crippen LogP contribution in [-0.4, -0.2) is 9.97 Å². The number of anilines is 1. The maximum absolute atomic E-state index is 6.19. The maximum atomic E-state index is 6.19. The van der Waals surface area contributed by atoms with Gasteiger partial charge in [-0.05, 0) is 11.5 Å². The predicted molar refractivity (Wildman–Crippen MR) is 74.4 cm³/mol. The van der Waals surface area contributed by atoms with Crippen LogP contribution in [0.15, 0.2) is 48.8 Å². The van der Waals surface area contributed by atoms with Crippen LogP contribution in [0.25, 0.3) is 22.0 Å². The van der Waals surface area contributed by atoms with Gasteiger partial charge < -0.3 is 5.73 Å². The molecule has 1 heterocycles. The highest BCUT2D eigenvalue weighted by atomic mass is 35.5. The number of aromatic nitrogens is 2. The van der Waals surface area contributed by atoms with E-state index in [0.717, 1.165) is 27.1 Å². The minimum Gasteiger partial charge on any atom is -0.384 e. The second-order valence-electron chi connectivity index (χ2n) is 3.97. The molecule has 1 aromatic heterocycles. The molecule has 0 aliphatic heterocycles. The van der Waals surface area contributed by atoms with Crippen molar-refractivity contribution in [3.8, 4) is 11.3 Å². The quantitative estimate of drug-likeness (QED) is 0.724. The summed E-state index contributed by atoms with van der Waals surface area (Å²) in [5, 5.41) is 2.80. The van der Waals surface area contributed by atoms with E-state index in [1.165, 1.54) is 6.33 Å². The van der Waals surface area contributed by atoms with Crippen molar-refractivity contribution in [3.63, 3.8) is 0 Å². The summed E-state index contributed by atoms with van der Waals surface area (Å²) in [4.78, 5) is 8.16. The molecule has 0 aliphatic rings. The Morgan fingerprint density at radius 1 is 0.944 bits per heavy atom. The molecule has 0 atom stereocenters. The molecular weight excluding hydrogens is 246 g/mol. The summed E-state index contributed by atoms with van der Waals surface area (Å²) in [6.45, 7) is 0. The van der Waals surface area contributed by atoms with Crippen molar-refractivity contribution in [1.29, 1.82) is 0 Å². The third-order valence-corrected chi connectivity index (χ3v) is 3.16. The van der Waals surface area contributed by atoms with Crippen LogP contribution in [0.5, 0.6) is 0 Å². The molecular formula is C14H10ClN3. The number of nitrogen functional groups attached to an aromatic ring is 1. The van der Waals surface area contributed by atoms with E-state index in [4.69, 9.17) is 17.3 Å². The second-order valence-corrected chi connectivity index (χ2v) is 4.38. The van der Waals surface area contributed by atoms with Crippen LogP contribution < -0.4 is 5.73 Å². The molecule has 0 radical (unpaired) electrons. The van der Waals surface area contributed by atoms with Crippen molar-refractivity contribution in [2.45, 2.75) is 0 Å². The fourth-order valence-electron chi connectivity index (χ4n) is 2.01. The fourth-order valence-corrected chi connectivity index (χ4v) is 2.23. The van der Waals surface area contributed by atoms with E-state index in [-0.39, 0.29) is 0 Å². The Balaban J connectivity index is 2.33. The Labute approximate surface area is 109 Å². The fraction of sp³-hybridized carbons (Fsp3) is 0. The Morgan fingerprint density at radius 2 is 1.72 bits per heavy atom. The Kier molecular flexibility index (Phi) is 2.61. The lowest BCUT2D eigenvalue weighted by molar-refractivity contribution is 1.18. The Hall–Kier alpha value is -2.13. The van der Waals surface area contributed by atoms with Crippen LogP contribution in [0.2, 0.25) is 5.02 Å². The van der Waals surface area contributed by atoms with Gasteiger partial charge >= 0.3 is 0 Å². The van der Waals surface area contributed by atoms with Gasteiger partial charge in [-0.1, -0.05) is 41.9 Å². The molecule has 3 nitrogen and oxygen atoms in total. The highest BCUT2D eigenvalue weighted by Crippen LogP contribution is 2.32. The summed E-state index contributed by atoms with van der Waals surface area (Å²) >= 11 is 6.19. The minimum atomic E-state index is 0.457. The van der Waals surface area contributed by atoms with Gasteiger partial charge in [0.2, 0.25) is 0 Å². The van der Waals surface area contributed by atoms with Gasteiger partial charge in [-0.3, -0.25) is 0 Å². The van der Waals surface area contributed by atoms with Crippen LogP contribution in [0, 0.1) is 0 Å². The van der Waals surface area contributed by atoms with Crippen molar-refractivity contribution in [2.75, 3.05) is 5.73 Å². The lowest BCUT2D eigenvalue weighted by Crippen LogP contribution is -1.93. The van der Waals surface area contributed by atoms with E-state index in [2.05, 4.69) is 9.97 Å². The van der Waals surface area contributed by atoms with Crippen molar-refractivity contribution < 1.29 is 0 Å². The summed E-state index contributed by atoms with van der Waals surface area (Å²) in [6, 6.07) is 13.5. The van der Waals surface area contributed by atoms with E-state index in [1.807, 2.05) is 36.4 Å². The zero-order valence-electron chi connectivity index (χ0n) is 9.47. The zero-order chi connectivity index (χ0) is 12.5. The SMILES string of the molecule is Nc1cc(-c2ccc(Cl)c3ccccc23)ncn1. The van der Waals surface area contributed by atoms with Gasteiger partial charge in [0.05, 0.1) is 5.69 Å². The first-order valence-corrected chi connectivity index (χ1v) is 5.88. The third-order valence-electron chi connectivity index (χ3n) is 2.84. The summed E-state index contributed by atoms with van der Waals surface area (Å²) in [7, 11) is 0. The number of rotatable bonds is 1. The summed E-state index contributed by atoms with van der Waals surface area (Å²) in [5.74, 6) is 0.457. The number of hydrogen-bond donors (Lipinski definition) is 1. The average molecular weight is 256 g/mol. The Bertz CT molecular complexity index is 725. The van der Waals surface area contributed by atoms with Gasteiger partial charge in [0.25, 0.3) is 0 Å². The monoisotopic (exact) mass is 255 g/mol. The molecule has 0 saturated heterocycles. The standard InChI is InChI=1S/C14H10ClN3/c15-12-6-5-11(9-3-1-2-4-10(9)12)13-7-14(16)18-8-17-13/h1-8H,(H2,16,17,18). The van der Waals surface area contributed by atoms with E-state index in [0.29, 0.717) is 5.82 Å². The first-order valence-electron chi connectivity index (χ1n) is 5.51. The van der Waals surface area contributed by atoms with E-state index >= 15 is 0 Å². The summed E-state index contributed by atoms with van der Waals surface area (Å²) in [6.07, 6.45) is 1.47. The van der Waals surface area contributed by atoms with Crippen molar-refractivity contribution in [3.05, 3.63) is 53.8 Å². The molecule has 3 rings (SSSR count). The van der Waals surface area contributed by atoms with Gasteiger partial charge in [-0.2, -0.15) is 0 Å². The van der Waals surface area contributed by atoms with Crippen LogP contribution >= 0.6 is 11.6 Å². The number of nitrogens with zero attached hydrogens (tertiary/aromatic N) is 2. The first-order chi connectivity index (χ1) is 8.75. The molecule has 0 aliphatic carbocycles. The molecule has 0 unspecified atom stereocenters. The maximum Gasteiger partial charge on any atom is 0.127 e. The lowest BCUT2D eigenvalue weighted by Gasteiger charge is -2.07. The van der Waals surface area contributed by atoms with Crippen LogP contribution in [0.3, 0.4) is 0 Å². The molecule has 0 spiro atoms. The Morgan fingerprint density at radius 3 is 2.50 bits per heavy atom. The molecule has 0 saturated carbocycles. The number of benzene rings is 2. The van der Waals surface area contributed by atoms with Gasteiger partial charge in [0.1, 0.15) is 12.1 Å². The van der Waals surface area contributed by atoms with Gasteiger partial charge in [-0.15, -0.1) is 0 Å².